The molecule has 0 bridgehead atoms. The number of rotatable bonds is 1. The van der Waals surface area contributed by atoms with Gasteiger partial charge in [0.05, 0.1) is 23.0 Å². The Morgan fingerprint density at radius 3 is 1.77 bits per heavy atom. The summed E-state index contributed by atoms with van der Waals surface area (Å²) in [5, 5.41) is 4.84. The molecule has 0 N–H and O–H groups in total. The normalized spacial score (nSPS) is 17.5. The smallest absolute Gasteiger partial charge is 0.384 e. The van der Waals surface area contributed by atoms with E-state index >= 15 is 0 Å². The van der Waals surface area contributed by atoms with Gasteiger partial charge in [-0.25, -0.2) is 4.67 Å². The minimum Gasteiger partial charge on any atom is -0.426 e. The molecule has 150 valence electrons. The first-order chi connectivity index (χ1) is 14.9. The zero-order valence-corrected chi connectivity index (χ0v) is 18.0. The van der Waals surface area contributed by atoms with Crippen LogP contribution in [0.4, 0.5) is 0 Å². The minimum atomic E-state index is -1.28. The van der Waals surface area contributed by atoms with Crippen molar-refractivity contribution in [3.05, 3.63) is 72.8 Å². The summed E-state index contributed by atoms with van der Waals surface area (Å²) in [6.45, 7) is 3.03. The SMILES string of the molecule is c1ccc2c3c(ccc2c1)OP(N1CCOCC1)Oc1ccc2ccccc2c1S3. The van der Waals surface area contributed by atoms with Crippen molar-refractivity contribution in [1.82, 2.24) is 4.67 Å². The van der Waals surface area contributed by atoms with Gasteiger partial charge in [-0.3, -0.25) is 0 Å². The molecule has 2 aliphatic heterocycles. The Bertz CT molecular complexity index is 1150. The van der Waals surface area contributed by atoms with Crippen LogP contribution in [0, 0.1) is 0 Å². The van der Waals surface area contributed by atoms with E-state index in [1.54, 1.807) is 11.8 Å². The van der Waals surface area contributed by atoms with Crippen molar-refractivity contribution in [1.29, 1.82) is 0 Å². The van der Waals surface area contributed by atoms with Gasteiger partial charge in [0.1, 0.15) is 11.5 Å². The highest BCUT2D eigenvalue weighted by atomic mass is 32.2. The summed E-state index contributed by atoms with van der Waals surface area (Å²) in [4.78, 5) is 2.30. The van der Waals surface area contributed by atoms with E-state index in [9.17, 15) is 0 Å². The molecule has 0 saturated carbocycles. The molecule has 0 aromatic heterocycles. The predicted molar refractivity (Wildman–Crippen MR) is 123 cm³/mol. The Morgan fingerprint density at radius 2 is 1.20 bits per heavy atom. The molecule has 4 aromatic rings. The van der Waals surface area contributed by atoms with Crippen LogP contribution in [-0.2, 0) is 4.74 Å². The van der Waals surface area contributed by atoms with Crippen molar-refractivity contribution in [3.63, 3.8) is 0 Å². The standard InChI is InChI=1S/C24H20NO3PS/c1-3-7-19-17(5-1)9-11-21-23(19)30-24-20-8-4-2-6-18(20)10-12-22(24)28-29(27-21)25-13-15-26-16-14-25/h1-12H,13-16H2. The van der Waals surface area contributed by atoms with E-state index in [-0.39, 0.29) is 0 Å². The first-order valence-electron chi connectivity index (χ1n) is 10.1. The Hall–Kier alpha value is -2.30. The summed E-state index contributed by atoms with van der Waals surface area (Å²) in [6, 6.07) is 25.4. The fourth-order valence-electron chi connectivity index (χ4n) is 3.92. The molecular formula is C24H20NO3PS. The molecule has 1 fully saturated rings. The Kier molecular flexibility index (Phi) is 4.77. The summed E-state index contributed by atoms with van der Waals surface area (Å²) in [6.07, 6.45) is 0. The van der Waals surface area contributed by atoms with Crippen molar-refractivity contribution in [2.45, 2.75) is 9.79 Å². The lowest BCUT2D eigenvalue weighted by molar-refractivity contribution is 0.0683. The van der Waals surface area contributed by atoms with Crippen LogP contribution in [0.5, 0.6) is 11.5 Å². The van der Waals surface area contributed by atoms with Gasteiger partial charge < -0.3 is 13.8 Å². The second kappa shape index (κ2) is 7.75. The lowest BCUT2D eigenvalue weighted by Gasteiger charge is -2.34. The third-order valence-electron chi connectivity index (χ3n) is 5.46. The minimum absolute atomic E-state index is 0.704. The van der Waals surface area contributed by atoms with Crippen LogP contribution in [0.3, 0.4) is 0 Å². The highest BCUT2D eigenvalue weighted by molar-refractivity contribution is 8.00. The average molecular weight is 433 g/mol. The first kappa shape index (κ1) is 18.5. The Labute approximate surface area is 180 Å². The summed E-state index contributed by atoms with van der Waals surface area (Å²) in [5.74, 6) is 1.77. The number of nitrogens with zero attached hydrogens (tertiary/aromatic N) is 1. The van der Waals surface area contributed by atoms with E-state index < -0.39 is 8.53 Å². The predicted octanol–water partition coefficient (Wildman–Crippen LogP) is 6.47. The number of morpholine rings is 1. The van der Waals surface area contributed by atoms with Crippen LogP contribution < -0.4 is 9.05 Å². The van der Waals surface area contributed by atoms with Crippen molar-refractivity contribution >= 4 is 41.8 Å². The second-order valence-corrected chi connectivity index (χ2v) is 9.74. The monoisotopic (exact) mass is 433 g/mol. The quantitative estimate of drug-likeness (QED) is 0.321. The van der Waals surface area contributed by atoms with Crippen LogP contribution >= 0.6 is 20.3 Å². The van der Waals surface area contributed by atoms with Crippen molar-refractivity contribution in [3.8, 4) is 11.5 Å². The lowest BCUT2D eigenvalue weighted by Crippen LogP contribution is -2.34. The lowest BCUT2D eigenvalue weighted by atomic mass is 10.1. The zero-order valence-electron chi connectivity index (χ0n) is 16.3. The molecule has 30 heavy (non-hydrogen) atoms. The van der Waals surface area contributed by atoms with Crippen molar-refractivity contribution < 1.29 is 13.8 Å². The van der Waals surface area contributed by atoms with E-state index in [1.807, 2.05) is 0 Å². The number of fused-ring (bicyclic) bond motifs is 6. The number of hydrogen-bond acceptors (Lipinski definition) is 5. The number of ether oxygens (including phenoxy) is 1. The molecule has 4 aromatic carbocycles. The third kappa shape index (κ3) is 3.23. The number of hydrogen-bond donors (Lipinski definition) is 0. The molecular weight excluding hydrogens is 413 g/mol. The van der Waals surface area contributed by atoms with Crippen LogP contribution in [0.15, 0.2) is 82.6 Å². The summed E-state index contributed by atoms with van der Waals surface area (Å²) >= 11 is 1.74. The van der Waals surface area contributed by atoms with Crippen molar-refractivity contribution in [2.75, 3.05) is 26.3 Å². The number of benzene rings is 4. The molecule has 2 aliphatic rings. The highest BCUT2D eigenvalue weighted by Gasteiger charge is 2.31. The first-order valence-corrected chi connectivity index (χ1v) is 12.0. The largest absolute Gasteiger partial charge is 0.426 e. The van der Waals surface area contributed by atoms with Gasteiger partial charge in [0.25, 0.3) is 0 Å². The van der Waals surface area contributed by atoms with Gasteiger partial charge >= 0.3 is 8.53 Å². The van der Waals surface area contributed by atoms with Gasteiger partial charge in [-0.15, -0.1) is 0 Å². The summed E-state index contributed by atoms with van der Waals surface area (Å²) in [5.41, 5.74) is 0. The van der Waals surface area contributed by atoms with Crippen LogP contribution in [0.25, 0.3) is 21.5 Å². The Balaban J connectivity index is 1.57. The molecule has 0 unspecified atom stereocenters. The van der Waals surface area contributed by atoms with Gasteiger partial charge in [-0.1, -0.05) is 72.4 Å². The van der Waals surface area contributed by atoms with Crippen LogP contribution in [0.2, 0.25) is 0 Å². The van der Waals surface area contributed by atoms with Crippen LogP contribution in [0.1, 0.15) is 0 Å². The molecule has 4 nitrogen and oxygen atoms in total. The molecule has 0 aliphatic carbocycles. The van der Waals surface area contributed by atoms with Gasteiger partial charge in [0.15, 0.2) is 0 Å². The van der Waals surface area contributed by atoms with E-state index in [2.05, 4.69) is 77.5 Å². The zero-order chi connectivity index (χ0) is 19.9. The van der Waals surface area contributed by atoms with Crippen molar-refractivity contribution in [2.24, 2.45) is 0 Å². The molecule has 6 rings (SSSR count). The maximum absolute atomic E-state index is 6.55. The van der Waals surface area contributed by atoms with Gasteiger partial charge in [0, 0.05) is 13.1 Å². The average Bonchev–Trinajstić information content (AvgIpc) is 2.79. The van der Waals surface area contributed by atoms with E-state index in [0.29, 0.717) is 13.2 Å². The van der Waals surface area contributed by atoms with E-state index in [0.717, 1.165) is 34.4 Å². The third-order valence-corrected chi connectivity index (χ3v) is 8.28. The molecule has 1 saturated heterocycles. The highest BCUT2D eigenvalue weighted by Crippen LogP contribution is 2.55. The van der Waals surface area contributed by atoms with Gasteiger partial charge in [-0.2, -0.15) is 0 Å². The molecule has 2 heterocycles. The molecule has 0 spiro atoms. The second-order valence-electron chi connectivity index (χ2n) is 7.32. The topological polar surface area (TPSA) is 30.9 Å². The molecule has 0 amide bonds. The van der Waals surface area contributed by atoms with Gasteiger partial charge in [0.2, 0.25) is 0 Å². The van der Waals surface area contributed by atoms with E-state index in [4.69, 9.17) is 13.8 Å². The maximum Gasteiger partial charge on any atom is 0.384 e. The Morgan fingerprint density at radius 1 is 0.667 bits per heavy atom. The fourth-order valence-corrected chi connectivity index (χ4v) is 6.66. The van der Waals surface area contributed by atoms with E-state index in [1.165, 1.54) is 21.5 Å². The molecule has 0 atom stereocenters. The summed E-state index contributed by atoms with van der Waals surface area (Å²) < 4.78 is 20.9. The maximum atomic E-state index is 6.55. The fraction of sp³-hybridized carbons (Fsp3) is 0.167. The molecule has 0 radical (unpaired) electrons. The van der Waals surface area contributed by atoms with Gasteiger partial charge in [-0.05, 0) is 33.7 Å². The molecule has 6 heteroatoms. The van der Waals surface area contributed by atoms with Crippen LogP contribution in [-0.4, -0.2) is 31.0 Å². The summed E-state index contributed by atoms with van der Waals surface area (Å²) in [7, 11) is -1.28.